The predicted molar refractivity (Wildman–Crippen MR) is 76.0 cm³/mol. The molecule has 0 saturated heterocycles. The summed E-state index contributed by atoms with van der Waals surface area (Å²) >= 11 is 0. The highest BCUT2D eigenvalue weighted by molar-refractivity contribution is 6.41. The maximum absolute atomic E-state index is 11.9. The van der Waals surface area contributed by atoms with Crippen LogP contribution in [0.5, 0.6) is 0 Å². The first kappa shape index (κ1) is 15.8. The Morgan fingerprint density at radius 1 is 1.20 bits per heavy atom. The Labute approximate surface area is 117 Å². The summed E-state index contributed by atoms with van der Waals surface area (Å²) in [7, 11) is 0. The molecule has 0 aliphatic carbocycles. The molecule has 108 valence electrons. The molecule has 0 radical (unpaired) electrons. The Kier molecular flexibility index (Phi) is 5.40. The number of carbonyl (C=O) groups is 3. The first-order valence-electron chi connectivity index (χ1n) is 6.27. The highest BCUT2D eigenvalue weighted by Crippen LogP contribution is 2.14. The van der Waals surface area contributed by atoms with E-state index < -0.39 is 17.7 Å². The van der Waals surface area contributed by atoms with Crippen molar-refractivity contribution in [3.05, 3.63) is 29.3 Å². The lowest BCUT2D eigenvalue weighted by atomic mass is 10.1. The van der Waals surface area contributed by atoms with Gasteiger partial charge in [0.2, 0.25) is 5.91 Å². The van der Waals surface area contributed by atoms with E-state index in [0.29, 0.717) is 5.69 Å². The summed E-state index contributed by atoms with van der Waals surface area (Å²) in [6.45, 7) is 5.21. The van der Waals surface area contributed by atoms with E-state index in [1.54, 1.807) is 12.1 Å². The highest BCUT2D eigenvalue weighted by Gasteiger charge is 2.24. The number of amides is 3. The number of hydrogen-bond acceptors (Lipinski definition) is 4. The number of nitrogens with zero attached hydrogens (tertiary/aromatic N) is 1. The Morgan fingerprint density at radius 2 is 1.85 bits per heavy atom. The number of rotatable bonds is 3. The monoisotopic (exact) mass is 277 g/mol. The number of aryl methyl sites for hydroxylation is 2. The Balaban J connectivity index is 2.81. The molecule has 1 rings (SSSR count). The zero-order chi connectivity index (χ0) is 15.3. The smallest absolute Gasteiger partial charge is 0.318 e. The second kappa shape index (κ2) is 6.81. The van der Waals surface area contributed by atoms with Gasteiger partial charge >= 0.3 is 11.8 Å². The molecule has 0 heterocycles. The third-order valence-corrected chi connectivity index (χ3v) is 2.94. The van der Waals surface area contributed by atoms with Crippen LogP contribution < -0.4 is 11.1 Å². The van der Waals surface area contributed by atoms with Crippen molar-refractivity contribution < 1.29 is 14.4 Å². The van der Waals surface area contributed by atoms with Gasteiger partial charge in [0, 0.05) is 25.7 Å². The molecule has 0 fully saturated rings. The predicted octanol–water partition coefficient (Wildman–Crippen LogP) is 0.576. The fourth-order valence-corrected chi connectivity index (χ4v) is 1.66. The van der Waals surface area contributed by atoms with Crippen LogP contribution in [0.3, 0.4) is 0 Å². The average molecular weight is 277 g/mol. The van der Waals surface area contributed by atoms with Gasteiger partial charge in [-0.05, 0) is 37.1 Å². The quantitative estimate of drug-likeness (QED) is 0.790. The normalized spacial score (nSPS) is 10.0. The lowest BCUT2D eigenvalue weighted by molar-refractivity contribution is -0.149. The van der Waals surface area contributed by atoms with E-state index >= 15 is 0 Å². The summed E-state index contributed by atoms with van der Waals surface area (Å²) in [5.41, 5.74) is 7.92. The lowest BCUT2D eigenvalue weighted by Gasteiger charge is -2.17. The Morgan fingerprint density at radius 3 is 2.35 bits per heavy atom. The molecule has 0 aromatic heterocycles. The molecule has 0 aliphatic heterocycles. The van der Waals surface area contributed by atoms with Crippen LogP contribution in [-0.2, 0) is 14.4 Å². The zero-order valence-electron chi connectivity index (χ0n) is 11.9. The van der Waals surface area contributed by atoms with Crippen LogP contribution in [0.15, 0.2) is 18.2 Å². The summed E-state index contributed by atoms with van der Waals surface area (Å²) in [6.07, 6.45) is 0. The van der Waals surface area contributed by atoms with Crippen molar-refractivity contribution in [1.29, 1.82) is 0 Å². The lowest BCUT2D eigenvalue weighted by Crippen LogP contribution is -2.44. The summed E-state index contributed by atoms with van der Waals surface area (Å²) in [5.74, 6) is -2.26. The van der Waals surface area contributed by atoms with Crippen molar-refractivity contribution in [3.8, 4) is 0 Å². The van der Waals surface area contributed by atoms with Gasteiger partial charge in [-0.2, -0.15) is 0 Å². The minimum absolute atomic E-state index is 0.0223. The van der Waals surface area contributed by atoms with Crippen LogP contribution in [0.1, 0.15) is 18.1 Å². The second-order valence-corrected chi connectivity index (χ2v) is 4.52. The van der Waals surface area contributed by atoms with Gasteiger partial charge in [0.25, 0.3) is 0 Å². The molecule has 0 atom stereocenters. The van der Waals surface area contributed by atoms with Gasteiger partial charge in [-0.1, -0.05) is 6.07 Å². The minimum Gasteiger partial charge on any atom is -0.329 e. The largest absolute Gasteiger partial charge is 0.329 e. The number of nitrogens with two attached hydrogens (primary N) is 1. The van der Waals surface area contributed by atoms with Gasteiger partial charge in [-0.15, -0.1) is 0 Å². The number of imide groups is 1. The third-order valence-electron chi connectivity index (χ3n) is 2.94. The van der Waals surface area contributed by atoms with E-state index in [1.807, 2.05) is 19.9 Å². The summed E-state index contributed by atoms with van der Waals surface area (Å²) in [6, 6.07) is 5.31. The van der Waals surface area contributed by atoms with Gasteiger partial charge < -0.3 is 11.1 Å². The highest BCUT2D eigenvalue weighted by atomic mass is 16.2. The zero-order valence-corrected chi connectivity index (χ0v) is 11.9. The third kappa shape index (κ3) is 3.89. The Bertz CT molecular complexity index is 540. The molecule has 1 aromatic rings. The van der Waals surface area contributed by atoms with Crippen LogP contribution in [-0.4, -0.2) is 35.7 Å². The van der Waals surface area contributed by atoms with E-state index in [4.69, 9.17) is 5.73 Å². The van der Waals surface area contributed by atoms with Crippen LogP contribution in [0.2, 0.25) is 0 Å². The number of benzene rings is 1. The fourth-order valence-electron chi connectivity index (χ4n) is 1.66. The molecular formula is C14H19N3O3. The first-order valence-corrected chi connectivity index (χ1v) is 6.27. The van der Waals surface area contributed by atoms with E-state index in [9.17, 15) is 14.4 Å². The van der Waals surface area contributed by atoms with Gasteiger partial charge in [-0.25, -0.2) is 0 Å². The van der Waals surface area contributed by atoms with Crippen molar-refractivity contribution in [1.82, 2.24) is 4.90 Å². The van der Waals surface area contributed by atoms with Crippen LogP contribution in [0.4, 0.5) is 5.69 Å². The number of nitrogens with one attached hydrogen (secondary N) is 1. The molecule has 20 heavy (non-hydrogen) atoms. The van der Waals surface area contributed by atoms with Crippen molar-refractivity contribution in [2.24, 2.45) is 5.73 Å². The van der Waals surface area contributed by atoms with E-state index in [2.05, 4.69) is 5.32 Å². The van der Waals surface area contributed by atoms with Gasteiger partial charge in [-0.3, -0.25) is 19.3 Å². The average Bonchev–Trinajstić information content (AvgIpc) is 2.39. The maximum Gasteiger partial charge on any atom is 0.318 e. The van der Waals surface area contributed by atoms with Crippen LogP contribution in [0.25, 0.3) is 0 Å². The van der Waals surface area contributed by atoms with E-state index in [-0.39, 0.29) is 13.1 Å². The van der Waals surface area contributed by atoms with Crippen LogP contribution >= 0.6 is 0 Å². The molecule has 1 aromatic carbocycles. The first-order chi connectivity index (χ1) is 9.36. The molecule has 0 saturated carbocycles. The number of hydrogen-bond donors (Lipinski definition) is 2. The van der Waals surface area contributed by atoms with Crippen LogP contribution in [0, 0.1) is 13.8 Å². The molecule has 0 bridgehead atoms. The summed E-state index contributed by atoms with van der Waals surface area (Å²) in [5, 5.41) is 2.48. The van der Waals surface area contributed by atoms with E-state index in [1.165, 1.54) is 6.92 Å². The summed E-state index contributed by atoms with van der Waals surface area (Å²) < 4.78 is 0. The molecule has 0 aliphatic rings. The summed E-state index contributed by atoms with van der Waals surface area (Å²) in [4.78, 5) is 35.8. The number of carbonyl (C=O) groups excluding carboxylic acids is 3. The molecule has 3 amide bonds. The van der Waals surface area contributed by atoms with Gasteiger partial charge in [0.05, 0.1) is 0 Å². The maximum atomic E-state index is 11.9. The van der Waals surface area contributed by atoms with Crippen molar-refractivity contribution in [3.63, 3.8) is 0 Å². The molecule has 3 N–H and O–H groups in total. The van der Waals surface area contributed by atoms with E-state index in [0.717, 1.165) is 16.0 Å². The number of anilines is 1. The van der Waals surface area contributed by atoms with Crippen molar-refractivity contribution in [2.75, 3.05) is 18.4 Å². The minimum atomic E-state index is -0.902. The van der Waals surface area contributed by atoms with Gasteiger partial charge in [0.1, 0.15) is 0 Å². The topological polar surface area (TPSA) is 92.5 Å². The van der Waals surface area contributed by atoms with Crippen molar-refractivity contribution >= 4 is 23.4 Å². The second-order valence-electron chi connectivity index (χ2n) is 4.52. The van der Waals surface area contributed by atoms with Crippen molar-refractivity contribution in [2.45, 2.75) is 20.8 Å². The SMILES string of the molecule is CC(=O)N(CCN)C(=O)C(=O)Nc1ccc(C)c(C)c1. The molecule has 6 heteroatoms. The fraction of sp³-hybridized carbons (Fsp3) is 0.357. The molecule has 6 nitrogen and oxygen atoms in total. The molecule has 0 unspecified atom stereocenters. The van der Waals surface area contributed by atoms with Gasteiger partial charge in [0.15, 0.2) is 0 Å². The standard InChI is InChI=1S/C14H19N3O3/c1-9-4-5-12(8-10(9)2)16-13(19)14(20)17(7-6-15)11(3)18/h4-5,8H,6-7,15H2,1-3H3,(H,16,19). The molecular weight excluding hydrogens is 258 g/mol. The molecule has 0 spiro atoms. The Hall–Kier alpha value is -2.21.